The standard InChI is InChI=1S/C17H17N5O3S3/c1-2-7-22-13-6-5-11(28(18,23)24)9-12(13)19-17(22)27-10-15-20-16(21-25-15)14-4-3-8-26-14/h3-6,8-9H,2,7,10H2,1H3,(H2,18,23,24). The van der Waals surface area contributed by atoms with E-state index in [0.29, 0.717) is 23.0 Å². The quantitative estimate of drug-likeness (QED) is 0.442. The Morgan fingerprint density at radius 3 is 2.86 bits per heavy atom. The second-order valence-corrected chi connectivity index (χ2v) is 9.47. The smallest absolute Gasteiger partial charge is 0.238 e. The number of hydrogen-bond acceptors (Lipinski definition) is 8. The molecule has 0 saturated heterocycles. The number of nitrogens with two attached hydrogens (primary N) is 1. The summed E-state index contributed by atoms with van der Waals surface area (Å²) >= 11 is 3.02. The minimum Gasteiger partial charge on any atom is -0.338 e. The molecule has 0 amide bonds. The zero-order valence-corrected chi connectivity index (χ0v) is 17.4. The molecule has 0 aliphatic carbocycles. The maximum Gasteiger partial charge on any atom is 0.238 e. The fraction of sp³-hybridized carbons (Fsp3) is 0.235. The number of aryl methyl sites for hydroxylation is 1. The van der Waals surface area contributed by atoms with Crippen molar-refractivity contribution in [3.8, 4) is 10.7 Å². The largest absolute Gasteiger partial charge is 0.338 e. The molecule has 1 aromatic carbocycles. The highest BCUT2D eigenvalue weighted by molar-refractivity contribution is 7.98. The van der Waals surface area contributed by atoms with E-state index in [0.717, 1.165) is 28.5 Å². The lowest BCUT2D eigenvalue weighted by Gasteiger charge is -2.06. The number of thioether (sulfide) groups is 1. The van der Waals surface area contributed by atoms with E-state index in [2.05, 4.69) is 26.6 Å². The predicted molar refractivity (Wildman–Crippen MR) is 109 cm³/mol. The first-order chi connectivity index (χ1) is 13.5. The maximum atomic E-state index is 11.6. The van der Waals surface area contributed by atoms with Gasteiger partial charge in [0.1, 0.15) is 0 Å². The number of sulfonamides is 1. The normalized spacial score (nSPS) is 12.1. The van der Waals surface area contributed by atoms with Crippen LogP contribution in [0.2, 0.25) is 0 Å². The van der Waals surface area contributed by atoms with Gasteiger partial charge in [0, 0.05) is 6.54 Å². The SMILES string of the molecule is CCCn1c(SCc2nc(-c3cccs3)no2)nc2cc(S(N)(=O)=O)ccc21. The van der Waals surface area contributed by atoms with Gasteiger partial charge < -0.3 is 9.09 Å². The summed E-state index contributed by atoms with van der Waals surface area (Å²) in [4.78, 5) is 10.0. The highest BCUT2D eigenvalue weighted by Gasteiger charge is 2.16. The molecule has 0 radical (unpaired) electrons. The second kappa shape index (κ2) is 7.66. The molecule has 2 N–H and O–H groups in total. The monoisotopic (exact) mass is 435 g/mol. The van der Waals surface area contributed by atoms with Crippen LogP contribution in [0.15, 0.2) is 50.3 Å². The Bertz CT molecular complexity index is 1210. The van der Waals surface area contributed by atoms with E-state index >= 15 is 0 Å². The van der Waals surface area contributed by atoms with Gasteiger partial charge in [0.2, 0.25) is 21.7 Å². The van der Waals surface area contributed by atoms with E-state index in [1.165, 1.54) is 23.9 Å². The number of rotatable bonds is 7. The van der Waals surface area contributed by atoms with Crippen LogP contribution in [0.1, 0.15) is 19.2 Å². The molecule has 0 saturated carbocycles. The van der Waals surface area contributed by atoms with E-state index < -0.39 is 10.0 Å². The van der Waals surface area contributed by atoms with Crippen molar-refractivity contribution in [2.45, 2.75) is 35.7 Å². The first kappa shape index (κ1) is 19.1. The van der Waals surface area contributed by atoms with Gasteiger partial charge in [-0.15, -0.1) is 11.3 Å². The molecule has 0 aliphatic heterocycles. The number of primary sulfonamides is 1. The highest BCUT2D eigenvalue weighted by atomic mass is 32.2. The zero-order chi connectivity index (χ0) is 19.7. The highest BCUT2D eigenvalue weighted by Crippen LogP contribution is 2.29. The first-order valence-electron chi connectivity index (χ1n) is 8.48. The van der Waals surface area contributed by atoms with Crippen molar-refractivity contribution in [2.24, 2.45) is 5.14 Å². The molecule has 3 heterocycles. The van der Waals surface area contributed by atoms with Crippen LogP contribution in [-0.2, 0) is 22.3 Å². The van der Waals surface area contributed by atoms with Crippen molar-refractivity contribution in [1.82, 2.24) is 19.7 Å². The van der Waals surface area contributed by atoms with Gasteiger partial charge in [0.05, 0.1) is 26.6 Å². The number of imidazole rings is 1. The molecule has 4 rings (SSSR count). The van der Waals surface area contributed by atoms with E-state index in [-0.39, 0.29) is 4.90 Å². The average molecular weight is 436 g/mol. The minimum atomic E-state index is -3.77. The van der Waals surface area contributed by atoms with Crippen molar-refractivity contribution in [2.75, 3.05) is 0 Å². The molecule has 0 aliphatic rings. The van der Waals surface area contributed by atoms with Crippen LogP contribution in [0.3, 0.4) is 0 Å². The molecule has 28 heavy (non-hydrogen) atoms. The summed E-state index contributed by atoms with van der Waals surface area (Å²) in [5.74, 6) is 1.55. The second-order valence-electron chi connectivity index (χ2n) is 6.02. The number of thiophene rings is 1. The lowest BCUT2D eigenvalue weighted by molar-refractivity contribution is 0.391. The van der Waals surface area contributed by atoms with Gasteiger partial charge in [-0.2, -0.15) is 4.98 Å². The fourth-order valence-corrected chi connectivity index (χ4v) is 4.82. The van der Waals surface area contributed by atoms with Gasteiger partial charge in [0.25, 0.3) is 0 Å². The summed E-state index contributed by atoms with van der Waals surface area (Å²) in [5, 5.41) is 12.0. The molecule has 0 unspecified atom stereocenters. The Morgan fingerprint density at radius 2 is 2.14 bits per heavy atom. The lowest BCUT2D eigenvalue weighted by atomic mass is 10.3. The van der Waals surface area contributed by atoms with Crippen molar-refractivity contribution in [3.63, 3.8) is 0 Å². The minimum absolute atomic E-state index is 0.0511. The molecule has 146 valence electrons. The summed E-state index contributed by atoms with van der Waals surface area (Å²) in [7, 11) is -3.77. The Morgan fingerprint density at radius 1 is 1.29 bits per heavy atom. The average Bonchev–Trinajstić information content (AvgIpc) is 3.39. The number of aromatic nitrogens is 4. The van der Waals surface area contributed by atoms with E-state index in [1.54, 1.807) is 17.4 Å². The molecule has 0 atom stereocenters. The van der Waals surface area contributed by atoms with Gasteiger partial charge in [-0.1, -0.05) is 29.9 Å². The Balaban J connectivity index is 1.61. The van der Waals surface area contributed by atoms with Gasteiger partial charge in [0.15, 0.2) is 5.16 Å². The molecule has 11 heteroatoms. The van der Waals surface area contributed by atoms with Gasteiger partial charge >= 0.3 is 0 Å². The molecule has 0 fully saturated rings. The summed E-state index contributed by atoms with van der Waals surface area (Å²) in [5.41, 5.74) is 1.45. The molecular formula is C17H17N5O3S3. The Labute approximate surface area is 169 Å². The van der Waals surface area contributed by atoms with Crippen molar-refractivity contribution in [3.05, 3.63) is 41.6 Å². The van der Waals surface area contributed by atoms with Gasteiger partial charge in [-0.25, -0.2) is 18.5 Å². The van der Waals surface area contributed by atoms with Crippen molar-refractivity contribution < 1.29 is 12.9 Å². The summed E-state index contributed by atoms with van der Waals surface area (Å²) < 4.78 is 30.6. The zero-order valence-electron chi connectivity index (χ0n) is 14.9. The van der Waals surface area contributed by atoms with Crippen LogP contribution >= 0.6 is 23.1 Å². The Kier molecular flexibility index (Phi) is 5.23. The first-order valence-corrected chi connectivity index (χ1v) is 11.9. The van der Waals surface area contributed by atoms with Crippen LogP contribution in [0.25, 0.3) is 21.7 Å². The molecule has 4 aromatic rings. The van der Waals surface area contributed by atoms with E-state index in [4.69, 9.17) is 9.66 Å². The molecule has 0 bridgehead atoms. The summed E-state index contributed by atoms with van der Waals surface area (Å²) in [6.45, 7) is 2.84. The van der Waals surface area contributed by atoms with Crippen molar-refractivity contribution in [1.29, 1.82) is 0 Å². The number of benzene rings is 1. The molecule has 8 nitrogen and oxygen atoms in total. The molecule has 3 aromatic heterocycles. The van der Waals surface area contributed by atoms with E-state index in [9.17, 15) is 8.42 Å². The van der Waals surface area contributed by atoms with Crippen LogP contribution in [0.4, 0.5) is 0 Å². The summed E-state index contributed by atoms with van der Waals surface area (Å²) in [6, 6.07) is 8.63. The predicted octanol–water partition coefficient (Wildman–Crippen LogP) is 3.50. The van der Waals surface area contributed by atoms with Crippen LogP contribution in [0, 0.1) is 0 Å². The lowest BCUT2D eigenvalue weighted by Crippen LogP contribution is -2.11. The third-order valence-electron chi connectivity index (χ3n) is 3.99. The fourth-order valence-electron chi connectivity index (χ4n) is 2.76. The number of nitrogens with zero attached hydrogens (tertiary/aromatic N) is 4. The summed E-state index contributed by atoms with van der Waals surface area (Å²) in [6.07, 6.45) is 0.916. The van der Waals surface area contributed by atoms with E-state index in [1.807, 2.05) is 17.5 Å². The molecular weight excluding hydrogens is 418 g/mol. The van der Waals surface area contributed by atoms with Crippen LogP contribution < -0.4 is 5.14 Å². The van der Waals surface area contributed by atoms with Gasteiger partial charge in [-0.05, 0) is 36.1 Å². The topological polar surface area (TPSA) is 117 Å². The van der Waals surface area contributed by atoms with Crippen LogP contribution in [-0.4, -0.2) is 28.1 Å². The van der Waals surface area contributed by atoms with Crippen molar-refractivity contribution >= 4 is 44.2 Å². The maximum absolute atomic E-state index is 11.6. The van der Waals surface area contributed by atoms with Crippen LogP contribution in [0.5, 0.6) is 0 Å². The third kappa shape index (κ3) is 3.83. The number of fused-ring (bicyclic) bond motifs is 1. The Hall–Kier alpha value is -2.21. The third-order valence-corrected chi connectivity index (χ3v) is 6.73. The van der Waals surface area contributed by atoms with Gasteiger partial charge in [-0.3, -0.25) is 0 Å². The molecule has 0 spiro atoms. The number of hydrogen-bond donors (Lipinski definition) is 1.